The first-order valence-electron chi connectivity index (χ1n) is 7.08. The lowest BCUT2D eigenvalue weighted by molar-refractivity contribution is 0.0530. The SMILES string of the molecule is CCC(C)(C(N)c1ccn(C)n1)N1CCCCC1. The van der Waals surface area contributed by atoms with E-state index >= 15 is 0 Å². The minimum Gasteiger partial charge on any atom is -0.321 e. The summed E-state index contributed by atoms with van der Waals surface area (Å²) in [5.41, 5.74) is 7.54. The maximum Gasteiger partial charge on any atom is 0.0810 e. The van der Waals surface area contributed by atoms with Crippen molar-refractivity contribution in [3.63, 3.8) is 0 Å². The Hall–Kier alpha value is -0.870. The van der Waals surface area contributed by atoms with E-state index in [1.54, 1.807) is 0 Å². The van der Waals surface area contributed by atoms with Crippen LogP contribution in [0.3, 0.4) is 0 Å². The lowest BCUT2D eigenvalue weighted by Gasteiger charge is -2.46. The molecule has 0 saturated carbocycles. The van der Waals surface area contributed by atoms with E-state index in [0.29, 0.717) is 0 Å². The molecule has 1 fully saturated rings. The number of hydrogen-bond donors (Lipinski definition) is 1. The van der Waals surface area contributed by atoms with Crippen LogP contribution < -0.4 is 5.73 Å². The summed E-state index contributed by atoms with van der Waals surface area (Å²) in [6.45, 7) is 6.87. The van der Waals surface area contributed by atoms with Gasteiger partial charge in [0.1, 0.15) is 0 Å². The molecule has 1 aliphatic heterocycles. The van der Waals surface area contributed by atoms with Gasteiger partial charge in [-0.3, -0.25) is 9.58 Å². The zero-order chi connectivity index (χ0) is 13.2. The van der Waals surface area contributed by atoms with Crippen LogP contribution in [0.2, 0.25) is 0 Å². The molecule has 0 amide bonds. The van der Waals surface area contributed by atoms with Crippen molar-refractivity contribution in [1.82, 2.24) is 14.7 Å². The average molecular weight is 250 g/mol. The van der Waals surface area contributed by atoms with Crippen LogP contribution in [-0.4, -0.2) is 33.3 Å². The maximum absolute atomic E-state index is 6.51. The van der Waals surface area contributed by atoms with Gasteiger partial charge in [-0.25, -0.2) is 0 Å². The molecule has 4 heteroatoms. The number of aryl methyl sites for hydroxylation is 1. The fourth-order valence-corrected chi connectivity index (χ4v) is 2.96. The molecule has 0 radical (unpaired) electrons. The predicted molar refractivity (Wildman–Crippen MR) is 74.3 cm³/mol. The van der Waals surface area contributed by atoms with Crippen LogP contribution >= 0.6 is 0 Å². The molecule has 18 heavy (non-hydrogen) atoms. The van der Waals surface area contributed by atoms with E-state index in [-0.39, 0.29) is 11.6 Å². The van der Waals surface area contributed by atoms with E-state index < -0.39 is 0 Å². The first kappa shape index (κ1) is 13.6. The number of nitrogens with zero attached hydrogens (tertiary/aromatic N) is 3. The Morgan fingerprint density at radius 2 is 2.06 bits per heavy atom. The molecular weight excluding hydrogens is 224 g/mol. The third-order valence-electron chi connectivity index (χ3n) is 4.52. The summed E-state index contributed by atoms with van der Waals surface area (Å²) in [6.07, 6.45) is 6.98. The van der Waals surface area contributed by atoms with E-state index in [1.165, 1.54) is 32.4 Å². The Labute approximate surface area is 110 Å². The molecule has 0 aromatic carbocycles. The van der Waals surface area contributed by atoms with Crippen LogP contribution in [0, 0.1) is 0 Å². The lowest BCUT2D eigenvalue weighted by atomic mass is 9.84. The third kappa shape index (κ3) is 2.45. The standard InChI is InChI=1S/C14H26N4/c1-4-14(2,18-9-6-5-7-10-18)13(15)12-8-11-17(3)16-12/h8,11,13H,4-7,9-10,15H2,1-3H3. The first-order valence-corrected chi connectivity index (χ1v) is 7.08. The zero-order valence-corrected chi connectivity index (χ0v) is 11.9. The fourth-order valence-electron chi connectivity index (χ4n) is 2.96. The smallest absolute Gasteiger partial charge is 0.0810 e. The van der Waals surface area contributed by atoms with Crippen molar-refractivity contribution in [1.29, 1.82) is 0 Å². The molecule has 0 spiro atoms. The van der Waals surface area contributed by atoms with Crippen LogP contribution in [0.4, 0.5) is 0 Å². The van der Waals surface area contributed by atoms with Crippen molar-refractivity contribution in [2.75, 3.05) is 13.1 Å². The van der Waals surface area contributed by atoms with Gasteiger partial charge in [0.2, 0.25) is 0 Å². The van der Waals surface area contributed by atoms with Gasteiger partial charge in [0.15, 0.2) is 0 Å². The predicted octanol–water partition coefficient (Wildman–Crippen LogP) is 2.07. The molecule has 2 heterocycles. The second kappa shape index (κ2) is 5.41. The summed E-state index contributed by atoms with van der Waals surface area (Å²) < 4.78 is 1.83. The Morgan fingerprint density at radius 1 is 1.39 bits per heavy atom. The Morgan fingerprint density at radius 3 is 2.56 bits per heavy atom. The minimum atomic E-state index is -0.0122. The van der Waals surface area contributed by atoms with Crippen LogP contribution in [0.25, 0.3) is 0 Å². The van der Waals surface area contributed by atoms with Gasteiger partial charge in [-0.2, -0.15) is 5.10 Å². The molecule has 2 atom stereocenters. The number of piperidine rings is 1. The molecule has 2 unspecified atom stereocenters. The van der Waals surface area contributed by atoms with Gasteiger partial charge in [-0.15, -0.1) is 0 Å². The number of hydrogen-bond acceptors (Lipinski definition) is 3. The van der Waals surface area contributed by atoms with Gasteiger partial charge in [0.25, 0.3) is 0 Å². The van der Waals surface area contributed by atoms with Crippen LogP contribution in [0.15, 0.2) is 12.3 Å². The molecule has 102 valence electrons. The highest BCUT2D eigenvalue weighted by molar-refractivity contribution is 5.12. The topological polar surface area (TPSA) is 47.1 Å². The maximum atomic E-state index is 6.51. The number of nitrogens with two attached hydrogens (primary N) is 1. The number of rotatable bonds is 4. The van der Waals surface area contributed by atoms with Crippen LogP contribution in [0.1, 0.15) is 51.3 Å². The van der Waals surface area contributed by atoms with Gasteiger partial charge in [-0.1, -0.05) is 13.3 Å². The molecular formula is C14H26N4. The van der Waals surface area contributed by atoms with E-state index in [1.807, 2.05) is 24.0 Å². The second-order valence-electron chi connectivity index (χ2n) is 5.65. The first-order chi connectivity index (χ1) is 8.58. The van der Waals surface area contributed by atoms with Crippen LogP contribution in [-0.2, 0) is 7.05 Å². The molecule has 4 nitrogen and oxygen atoms in total. The second-order valence-corrected chi connectivity index (χ2v) is 5.65. The van der Waals surface area contributed by atoms with E-state index in [9.17, 15) is 0 Å². The Bertz CT molecular complexity index is 381. The van der Waals surface area contributed by atoms with Crippen molar-refractivity contribution in [3.8, 4) is 0 Å². The van der Waals surface area contributed by atoms with Crippen molar-refractivity contribution >= 4 is 0 Å². The normalized spacial score (nSPS) is 22.7. The summed E-state index contributed by atoms with van der Waals surface area (Å²) in [7, 11) is 1.94. The summed E-state index contributed by atoms with van der Waals surface area (Å²) >= 11 is 0. The molecule has 2 N–H and O–H groups in total. The van der Waals surface area contributed by atoms with Crippen molar-refractivity contribution in [2.24, 2.45) is 12.8 Å². The summed E-state index contributed by atoms with van der Waals surface area (Å²) in [5, 5.41) is 4.48. The van der Waals surface area contributed by atoms with E-state index in [2.05, 4.69) is 23.8 Å². The molecule has 0 bridgehead atoms. The largest absolute Gasteiger partial charge is 0.321 e. The summed E-state index contributed by atoms with van der Waals surface area (Å²) in [6, 6.07) is 2.03. The molecule has 1 aromatic heterocycles. The Kier molecular flexibility index (Phi) is 4.07. The third-order valence-corrected chi connectivity index (χ3v) is 4.52. The lowest BCUT2D eigenvalue weighted by Crippen LogP contribution is -2.54. The number of aromatic nitrogens is 2. The van der Waals surface area contributed by atoms with E-state index in [4.69, 9.17) is 5.73 Å². The highest BCUT2D eigenvalue weighted by atomic mass is 15.3. The molecule has 1 aliphatic rings. The highest BCUT2D eigenvalue weighted by Gasteiger charge is 2.38. The van der Waals surface area contributed by atoms with E-state index in [0.717, 1.165) is 12.1 Å². The number of likely N-dealkylation sites (tertiary alicyclic amines) is 1. The molecule has 2 rings (SSSR count). The molecule has 1 aromatic rings. The van der Waals surface area contributed by atoms with Gasteiger partial charge in [-0.05, 0) is 45.3 Å². The highest BCUT2D eigenvalue weighted by Crippen LogP contribution is 2.33. The van der Waals surface area contributed by atoms with Crippen LogP contribution in [0.5, 0.6) is 0 Å². The molecule has 0 aliphatic carbocycles. The van der Waals surface area contributed by atoms with Gasteiger partial charge < -0.3 is 5.73 Å². The summed E-state index contributed by atoms with van der Waals surface area (Å²) in [5.74, 6) is 0. The van der Waals surface area contributed by atoms with Crippen molar-refractivity contribution in [2.45, 2.75) is 51.1 Å². The van der Waals surface area contributed by atoms with Gasteiger partial charge in [0, 0.05) is 18.8 Å². The molecule has 1 saturated heterocycles. The van der Waals surface area contributed by atoms with Gasteiger partial charge >= 0.3 is 0 Å². The summed E-state index contributed by atoms with van der Waals surface area (Å²) in [4.78, 5) is 2.57. The quantitative estimate of drug-likeness (QED) is 0.890. The monoisotopic (exact) mass is 250 g/mol. The van der Waals surface area contributed by atoms with Crippen molar-refractivity contribution < 1.29 is 0 Å². The Balaban J connectivity index is 2.19. The fraction of sp³-hybridized carbons (Fsp3) is 0.786. The van der Waals surface area contributed by atoms with Crippen molar-refractivity contribution in [3.05, 3.63) is 18.0 Å². The zero-order valence-electron chi connectivity index (χ0n) is 11.9. The van der Waals surface area contributed by atoms with Gasteiger partial charge in [0.05, 0.1) is 11.7 Å². The average Bonchev–Trinajstić information content (AvgIpc) is 2.84. The minimum absolute atomic E-state index is 0.0122.